The third-order valence-electron chi connectivity index (χ3n) is 2.21. The van der Waals surface area contributed by atoms with E-state index in [1.807, 2.05) is 0 Å². The molecule has 0 aromatic rings. The molecule has 0 saturated carbocycles. The van der Waals surface area contributed by atoms with Gasteiger partial charge in [-0.05, 0) is 20.3 Å². The molecule has 18 heavy (non-hydrogen) atoms. The smallest absolute Gasteiger partial charge is 0.191 e. The average molecular weight is 259 g/mol. The zero-order chi connectivity index (χ0) is 13.5. The van der Waals surface area contributed by atoms with Crippen LogP contribution in [0.5, 0.6) is 0 Å². The van der Waals surface area contributed by atoms with E-state index in [-0.39, 0.29) is 0 Å². The Labute approximate surface area is 111 Å². The predicted molar refractivity (Wildman–Crippen MR) is 76.2 cm³/mol. The fourth-order valence-electron chi connectivity index (χ4n) is 1.30. The van der Waals surface area contributed by atoms with E-state index in [0.29, 0.717) is 26.4 Å². The second-order valence-electron chi connectivity index (χ2n) is 3.87. The van der Waals surface area contributed by atoms with E-state index >= 15 is 0 Å². The first-order valence-electron chi connectivity index (χ1n) is 7.02. The highest BCUT2D eigenvalue weighted by Gasteiger charge is 1.94. The standard InChI is InChI=1S/C13H29N3O2/c1-4-7-9-17-11-12-18-10-8-16-13(14-5-2)15-6-3/h4-12H2,1-3H3,(H2,14,15,16). The Kier molecular flexibility index (Phi) is 13.6. The summed E-state index contributed by atoms with van der Waals surface area (Å²) < 4.78 is 10.8. The molecule has 0 aliphatic carbocycles. The lowest BCUT2D eigenvalue weighted by atomic mass is 10.4. The first-order valence-corrected chi connectivity index (χ1v) is 7.02. The molecule has 5 nitrogen and oxygen atoms in total. The number of hydrogen-bond donors (Lipinski definition) is 2. The molecule has 0 amide bonds. The van der Waals surface area contributed by atoms with Crippen LogP contribution in [-0.2, 0) is 9.47 Å². The van der Waals surface area contributed by atoms with Crippen LogP contribution < -0.4 is 10.6 Å². The highest BCUT2D eigenvalue weighted by Crippen LogP contribution is 1.87. The lowest BCUT2D eigenvalue weighted by molar-refractivity contribution is 0.0497. The van der Waals surface area contributed by atoms with E-state index in [4.69, 9.17) is 9.47 Å². The SMILES string of the molecule is CCCCOCCOCCN=C(NCC)NCC. The highest BCUT2D eigenvalue weighted by molar-refractivity contribution is 5.79. The molecule has 0 aliphatic rings. The summed E-state index contributed by atoms with van der Waals surface area (Å²) in [4.78, 5) is 4.38. The number of ether oxygens (including phenoxy) is 2. The second-order valence-corrected chi connectivity index (χ2v) is 3.87. The molecule has 0 atom stereocenters. The van der Waals surface area contributed by atoms with Crippen LogP contribution in [0, 0.1) is 0 Å². The molecular weight excluding hydrogens is 230 g/mol. The summed E-state index contributed by atoms with van der Waals surface area (Å²) in [5, 5.41) is 6.33. The van der Waals surface area contributed by atoms with E-state index in [9.17, 15) is 0 Å². The maximum atomic E-state index is 5.43. The monoisotopic (exact) mass is 259 g/mol. The van der Waals surface area contributed by atoms with Crippen LogP contribution in [0.15, 0.2) is 4.99 Å². The molecule has 0 bridgehead atoms. The van der Waals surface area contributed by atoms with Crippen molar-refractivity contribution in [3.05, 3.63) is 0 Å². The first-order chi connectivity index (χ1) is 8.85. The molecule has 2 N–H and O–H groups in total. The van der Waals surface area contributed by atoms with Crippen LogP contribution in [0.1, 0.15) is 33.6 Å². The van der Waals surface area contributed by atoms with Gasteiger partial charge in [0.15, 0.2) is 5.96 Å². The van der Waals surface area contributed by atoms with Gasteiger partial charge in [0.2, 0.25) is 0 Å². The molecule has 0 aromatic heterocycles. The Hall–Kier alpha value is -0.810. The molecular formula is C13H29N3O2. The molecule has 0 aromatic carbocycles. The third kappa shape index (κ3) is 11.7. The summed E-state index contributed by atoms with van der Waals surface area (Å²) in [7, 11) is 0. The molecule has 0 fully saturated rings. The van der Waals surface area contributed by atoms with Crippen LogP contribution in [0.2, 0.25) is 0 Å². The zero-order valence-corrected chi connectivity index (χ0v) is 12.1. The third-order valence-corrected chi connectivity index (χ3v) is 2.21. The molecule has 0 radical (unpaired) electrons. The Balaban J connectivity index is 3.38. The minimum absolute atomic E-state index is 0.636. The fourth-order valence-corrected chi connectivity index (χ4v) is 1.30. The topological polar surface area (TPSA) is 54.9 Å². The van der Waals surface area contributed by atoms with E-state index in [0.717, 1.165) is 32.1 Å². The quantitative estimate of drug-likeness (QED) is 0.334. The van der Waals surface area contributed by atoms with Crippen LogP contribution in [0.4, 0.5) is 0 Å². The highest BCUT2D eigenvalue weighted by atomic mass is 16.5. The van der Waals surface area contributed by atoms with Gasteiger partial charge in [-0.15, -0.1) is 0 Å². The van der Waals surface area contributed by atoms with Crippen LogP contribution in [0.25, 0.3) is 0 Å². The van der Waals surface area contributed by atoms with E-state index in [1.165, 1.54) is 6.42 Å². The van der Waals surface area contributed by atoms with Crippen LogP contribution in [-0.4, -0.2) is 52.0 Å². The molecule has 0 spiro atoms. The van der Waals surface area contributed by atoms with Gasteiger partial charge in [-0.3, -0.25) is 4.99 Å². The van der Waals surface area contributed by atoms with Crippen molar-refractivity contribution in [2.24, 2.45) is 4.99 Å². The van der Waals surface area contributed by atoms with E-state index < -0.39 is 0 Å². The number of aliphatic imine (C=N–C) groups is 1. The fraction of sp³-hybridized carbons (Fsp3) is 0.923. The number of nitrogens with one attached hydrogen (secondary N) is 2. The molecule has 0 rings (SSSR count). The van der Waals surface area contributed by atoms with Gasteiger partial charge in [-0.1, -0.05) is 13.3 Å². The molecule has 108 valence electrons. The summed E-state index contributed by atoms with van der Waals surface area (Å²) >= 11 is 0. The summed E-state index contributed by atoms with van der Waals surface area (Å²) in [6.07, 6.45) is 2.30. The first kappa shape index (κ1) is 17.2. The number of rotatable bonds is 11. The van der Waals surface area contributed by atoms with Crippen molar-refractivity contribution in [2.45, 2.75) is 33.6 Å². The van der Waals surface area contributed by atoms with Gasteiger partial charge in [0, 0.05) is 19.7 Å². The normalized spacial score (nSPS) is 10.2. The van der Waals surface area contributed by atoms with Gasteiger partial charge in [0.25, 0.3) is 0 Å². The average Bonchev–Trinajstić information content (AvgIpc) is 2.37. The Morgan fingerprint density at radius 3 is 2.06 bits per heavy atom. The Morgan fingerprint density at radius 2 is 1.50 bits per heavy atom. The summed E-state index contributed by atoms with van der Waals surface area (Å²) in [6, 6.07) is 0. The maximum absolute atomic E-state index is 5.43. The minimum atomic E-state index is 0.636. The van der Waals surface area contributed by atoms with Crippen molar-refractivity contribution in [1.82, 2.24) is 10.6 Å². The molecule has 0 aliphatic heterocycles. The lowest BCUT2D eigenvalue weighted by Crippen LogP contribution is -2.37. The van der Waals surface area contributed by atoms with Gasteiger partial charge in [0.1, 0.15) is 0 Å². The Bertz CT molecular complexity index is 191. The maximum Gasteiger partial charge on any atom is 0.191 e. The van der Waals surface area contributed by atoms with E-state index in [2.05, 4.69) is 36.4 Å². The van der Waals surface area contributed by atoms with Gasteiger partial charge < -0.3 is 20.1 Å². The molecule has 0 saturated heterocycles. The second kappa shape index (κ2) is 14.3. The van der Waals surface area contributed by atoms with Gasteiger partial charge in [-0.25, -0.2) is 0 Å². The van der Waals surface area contributed by atoms with Crippen LogP contribution in [0.3, 0.4) is 0 Å². The Morgan fingerprint density at radius 1 is 0.889 bits per heavy atom. The van der Waals surface area contributed by atoms with Crippen molar-refractivity contribution in [2.75, 3.05) is 46.1 Å². The number of nitrogens with zero attached hydrogens (tertiary/aromatic N) is 1. The minimum Gasteiger partial charge on any atom is -0.379 e. The van der Waals surface area contributed by atoms with Gasteiger partial charge in [-0.2, -0.15) is 0 Å². The number of unbranched alkanes of at least 4 members (excludes halogenated alkanes) is 1. The largest absolute Gasteiger partial charge is 0.379 e. The van der Waals surface area contributed by atoms with Crippen molar-refractivity contribution < 1.29 is 9.47 Å². The summed E-state index contributed by atoms with van der Waals surface area (Å²) in [5.74, 6) is 0.850. The molecule has 0 heterocycles. The molecule has 0 unspecified atom stereocenters. The van der Waals surface area contributed by atoms with E-state index in [1.54, 1.807) is 0 Å². The van der Waals surface area contributed by atoms with Crippen molar-refractivity contribution in [3.63, 3.8) is 0 Å². The summed E-state index contributed by atoms with van der Waals surface area (Å²) in [5.41, 5.74) is 0. The van der Waals surface area contributed by atoms with Crippen molar-refractivity contribution in [3.8, 4) is 0 Å². The van der Waals surface area contributed by atoms with Gasteiger partial charge >= 0.3 is 0 Å². The number of hydrogen-bond acceptors (Lipinski definition) is 3. The summed E-state index contributed by atoms with van der Waals surface area (Å²) in [6.45, 7) is 11.5. The molecule has 5 heteroatoms. The number of guanidine groups is 1. The zero-order valence-electron chi connectivity index (χ0n) is 12.1. The van der Waals surface area contributed by atoms with Crippen LogP contribution >= 0.6 is 0 Å². The van der Waals surface area contributed by atoms with Gasteiger partial charge in [0.05, 0.1) is 26.4 Å². The van der Waals surface area contributed by atoms with Crippen molar-refractivity contribution in [1.29, 1.82) is 0 Å². The lowest BCUT2D eigenvalue weighted by Gasteiger charge is -2.09. The predicted octanol–water partition coefficient (Wildman–Crippen LogP) is 1.39. The van der Waals surface area contributed by atoms with Crippen molar-refractivity contribution >= 4 is 5.96 Å².